The van der Waals surface area contributed by atoms with E-state index < -0.39 is 35.5 Å². The Bertz CT molecular complexity index is 879. The van der Waals surface area contributed by atoms with E-state index >= 15 is 0 Å². The molecule has 1 aromatic carbocycles. The lowest BCUT2D eigenvalue weighted by Gasteiger charge is -2.33. The number of fused-ring (bicyclic) bond motifs is 1. The summed E-state index contributed by atoms with van der Waals surface area (Å²) in [6.07, 6.45) is 1.78. The van der Waals surface area contributed by atoms with E-state index in [9.17, 15) is 23.6 Å². The van der Waals surface area contributed by atoms with Crippen molar-refractivity contribution in [2.45, 2.75) is 31.7 Å². The molecule has 3 aliphatic heterocycles. The zero-order chi connectivity index (χ0) is 20.0. The van der Waals surface area contributed by atoms with E-state index in [1.54, 1.807) is 0 Å². The molecular weight excluding hydrogens is 367 g/mol. The van der Waals surface area contributed by atoms with Crippen LogP contribution in [0.2, 0.25) is 0 Å². The van der Waals surface area contributed by atoms with Gasteiger partial charge in [0.15, 0.2) is 0 Å². The highest BCUT2D eigenvalue weighted by Gasteiger charge is 2.45. The number of nitrogens with zero attached hydrogens (tertiary/aromatic N) is 2. The van der Waals surface area contributed by atoms with Gasteiger partial charge in [-0.1, -0.05) is 0 Å². The van der Waals surface area contributed by atoms with Crippen molar-refractivity contribution in [1.82, 2.24) is 10.2 Å². The Kier molecular flexibility index (Phi) is 4.62. The van der Waals surface area contributed by atoms with Crippen molar-refractivity contribution < 1.29 is 23.6 Å². The minimum atomic E-state index is -1.06. The van der Waals surface area contributed by atoms with Crippen molar-refractivity contribution in [3.63, 3.8) is 0 Å². The number of benzene rings is 1. The van der Waals surface area contributed by atoms with Gasteiger partial charge in [-0.2, -0.15) is 0 Å². The van der Waals surface area contributed by atoms with Gasteiger partial charge in [0, 0.05) is 19.5 Å². The lowest BCUT2D eigenvalue weighted by molar-refractivity contribution is -0.136. The quantitative estimate of drug-likeness (QED) is 0.725. The van der Waals surface area contributed by atoms with Gasteiger partial charge < -0.3 is 10.6 Å². The second-order valence-corrected chi connectivity index (χ2v) is 7.46. The van der Waals surface area contributed by atoms with Crippen LogP contribution in [0.3, 0.4) is 0 Å². The van der Waals surface area contributed by atoms with Gasteiger partial charge in [0.05, 0.1) is 16.8 Å². The maximum absolute atomic E-state index is 14.7. The van der Waals surface area contributed by atoms with Crippen LogP contribution >= 0.6 is 0 Å². The minimum absolute atomic E-state index is 0.0412. The molecule has 3 N–H and O–H groups in total. The van der Waals surface area contributed by atoms with Crippen molar-refractivity contribution >= 4 is 29.3 Å². The van der Waals surface area contributed by atoms with Gasteiger partial charge in [0.1, 0.15) is 11.9 Å². The molecule has 1 aromatic rings. The SMILES string of the molecule is NCC1CCN(c2cc3c(cc2F)C(=O)N(C2CCC(=O)NC2=O)C3=O)CC1. The highest BCUT2D eigenvalue weighted by atomic mass is 19.1. The minimum Gasteiger partial charge on any atom is -0.369 e. The van der Waals surface area contributed by atoms with Crippen LogP contribution in [0.1, 0.15) is 46.4 Å². The highest BCUT2D eigenvalue weighted by molar-refractivity contribution is 6.23. The van der Waals surface area contributed by atoms with Crippen LogP contribution in [0.4, 0.5) is 10.1 Å². The summed E-state index contributed by atoms with van der Waals surface area (Å²) in [7, 11) is 0. The fourth-order valence-electron chi connectivity index (χ4n) is 4.13. The van der Waals surface area contributed by atoms with E-state index in [4.69, 9.17) is 5.73 Å². The Labute approximate surface area is 160 Å². The second kappa shape index (κ2) is 6.97. The predicted molar refractivity (Wildman–Crippen MR) is 97.1 cm³/mol. The topological polar surface area (TPSA) is 113 Å². The first kappa shape index (κ1) is 18.5. The van der Waals surface area contributed by atoms with E-state index in [1.165, 1.54) is 6.07 Å². The molecule has 0 saturated carbocycles. The molecule has 4 rings (SSSR count). The predicted octanol–water partition coefficient (Wildman–Crippen LogP) is 0.402. The van der Waals surface area contributed by atoms with Gasteiger partial charge in [0.2, 0.25) is 11.8 Å². The summed E-state index contributed by atoms with van der Waals surface area (Å²) >= 11 is 0. The van der Waals surface area contributed by atoms with Crippen LogP contribution < -0.4 is 16.0 Å². The number of nitrogens with one attached hydrogen (secondary N) is 1. The fraction of sp³-hybridized carbons (Fsp3) is 0.474. The number of imide groups is 2. The van der Waals surface area contributed by atoms with Crippen LogP contribution in [-0.4, -0.2) is 54.2 Å². The van der Waals surface area contributed by atoms with E-state index in [2.05, 4.69) is 5.32 Å². The summed E-state index contributed by atoms with van der Waals surface area (Å²) in [5.41, 5.74) is 6.02. The molecule has 148 valence electrons. The monoisotopic (exact) mass is 388 g/mol. The Balaban J connectivity index is 1.62. The van der Waals surface area contributed by atoms with Crippen LogP contribution in [0.5, 0.6) is 0 Å². The standard InChI is InChI=1S/C19H21FN4O4/c20-13-7-11-12(8-15(13)23-5-3-10(9-21)4-6-23)19(28)24(18(11)27)14-1-2-16(25)22-17(14)26/h7-8,10,14H,1-6,9,21H2,(H,22,25,26). The summed E-state index contributed by atoms with van der Waals surface area (Å²) in [5.74, 6) is -2.63. The highest BCUT2D eigenvalue weighted by Crippen LogP contribution is 2.34. The molecule has 9 heteroatoms. The van der Waals surface area contributed by atoms with Gasteiger partial charge >= 0.3 is 0 Å². The number of halogens is 1. The van der Waals surface area contributed by atoms with Gasteiger partial charge in [0.25, 0.3) is 11.8 Å². The third-order valence-corrected chi connectivity index (χ3v) is 5.80. The first-order valence-corrected chi connectivity index (χ1v) is 9.41. The first-order valence-electron chi connectivity index (χ1n) is 9.41. The van der Waals surface area contributed by atoms with Crippen LogP contribution in [0.15, 0.2) is 12.1 Å². The molecule has 28 heavy (non-hydrogen) atoms. The maximum atomic E-state index is 14.7. The molecule has 0 bridgehead atoms. The number of nitrogens with two attached hydrogens (primary N) is 1. The van der Waals surface area contributed by atoms with Crippen molar-refractivity contribution in [3.8, 4) is 0 Å². The first-order chi connectivity index (χ1) is 13.4. The van der Waals surface area contributed by atoms with E-state index in [0.29, 0.717) is 25.6 Å². The van der Waals surface area contributed by atoms with Crippen molar-refractivity contribution in [1.29, 1.82) is 0 Å². The Morgan fingerprint density at radius 1 is 1.04 bits per heavy atom. The average Bonchev–Trinajstić information content (AvgIpc) is 2.91. The summed E-state index contributed by atoms with van der Waals surface area (Å²) < 4.78 is 14.7. The summed E-state index contributed by atoms with van der Waals surface area (Å²) in [6, 6.07) is 1.42. The molecule has 0 spiro atoms. The third-order valence-electron chi connectivity index (χ3n) is 5.80. The average molecular weight is 388 g/mol. The van der Waals surface area contributed by atoms with Crippen molar-refractivity contribution in [2.24, 2.45) is 11.7 Å². The molecule has 2 fully saturated rings. The molecule has 3 heterocycles. The summed E-state index contributed by atoms with van der Waals surface area (Å²) in [6.45, 7) is 1.83. The van der Waals surface area contributed by atoms with Crippen LogP contribution in [0, 0.1) is 11.7 Å². The lowest BCUT2D eigenvalue weighted by Crippen LogP contribution is -2.54. The van der Waals surface area contributed by atoms with Crippen molar-refractivity contribution in [2.75, 3.05) is 24.5 Å². The van der Waals surface area contributed by atoms with Gasteiger partial charge in [-0.3, -0.25) is 29.4 Å². The largest absolute Gasteiger partial charge is 0.369 e. The fourth-order valence-corrected chi connectivity index (χ4v) is 4.13. The van der Waals surface area contributed by atoms with Crippen LogP contribution in [-0.2, 0) is 9.59 Å². The smallest absolute Gasteiger partial charge is 0.262 e. The molecule has 2 saturated heterocycles. The molecule has 0 aliphatic carbocycles. The lowest BCUT2D eigenvalue weighted by atomic mass is 9.96. The maximum Gasteiger partial charge on any atom is 0.262 e. The Morgan fingerprint density at radius 3 is 2.29 bits per heavy atom. The second-order valence-electron chi connectivity index (χ2n) is 7.46. The van der Waals surface area contributed by atoms with Crippen LogP contribution in [0.25, 0.3) is 0 Å². The summed E-state index contributed by atoms with van der Waals surface area (Å²) in [5, 5.41) is 2.14. The molecule has 3 aliphatic rings. The number of anilines is 1. The van der Waals surface area contributed by atoms with Gasteiger partial charge in [-0.25, -0.2) is 4.39 Å². The van der Waals surface area contributed by atoms with Gasteiger partial charge in [-0.15, -0.1) is 0 Å². The Hall–Kier alpha value is -2.81. The zero-order valence-corrected chi connectivity index (χ0v) is 15.2. The molecule has 0 aromatic heterocycles. The molecule has 1 atom stereocenters. The molecule has 0 radical (unpaired) electrons. The molecular formula is C19H21FN4O4. The number of hydrogen-bond donors (Lipinski definition) is 2. The van der Waals surface area contributed by atoms with E-state index in [0.717, 1.165) is 23.8 Å². The number of rotatable bonds is 3. The number of carbonyl (C=O) groups is 4. The number of piperidine rings is 2. The number of hydrogen-bond acceptors (Lipinski definition) is 6. The van der Waals surface area contributed by atoms with Gasteiger partial charge in [-0.05, 0) is 43.9 Å². The third kappa shape index (κ3) is 2.95. The normalized spacial score (nSPS) is 23.3. The van der Waals surface area contributed by atoms with E-state index in [-0.39, 0.29) is 29.7 Å². The van der Waals surface area contributed by atoms with Crippen molar-refractivity contribution in [3.05, 3.63) is 29.1 Å². The summed E-state index contributed by atoms with van der Waals surface area (Å²) in [4.78, 5) is 51.7. The molecule has 4 amide bonds. The molecule has 1 unspecified atom stereocenters. The molecule has 8 nitrogen and oxygen atoms in total. The van der Waals surface area contributed by atoms with E-state index in [1.807, 2.05) is 4.90 Å². The zero-order valence-electron chi connectivity index (χ0n) is 15.2. The number of carbonyl (C=O) groups excluding carboxylic acids is 4. The Morgan fingerprint density at radius 2 is 1.68 bits per heavy atom. The number of amides is 4.